The third-order valence-corrected chi connectivity index (χ3v) is 3.17. The predicted molar refractivity (Wildman–Crippen MR) is 87.7 cm³/mol. The molecule has 0 bridgehead atoms. The van der Waals surface area contributed by atoms with Gasteiger partial charge in [-0.05, 0) is 23.3 Å². The molecule has 0 unspecified atom stereocenters. The molecule has 3 nitrogen and oxygen atoms in total. The fourth-order valence-electron chi connectivity index (χ4n) is 1.63. The van der Waals surface area contributed by atoms with Crippen molar-refractivity contribution >= 4 is 23.5 Å². The van der Waals surface area contributed by atoms with Gasteiger partial charge in [-0.2, -0.15) is 5.10 Å². The molecule has 0 saturated heterocycles. The molecule has 0 aromatic heterocycles. The van der Waals surface area contributed by atoms with E-state index in [2.05, 4.69) is 22.6 Å². The molecule has 0 heterocycles. The largest absolute Gasteiger partial charge is 0.357 e. The Kier molecular flexibility index (Phi) is 5.26. The van der Waals surface area contributed by atoms with Crippen LogP contribution >= 0.6 is 12.2 Å². The van der Waals surface area contributed by atoms with Crippen molar-refractivity contribution in [2.75, 3.05) is 7.05 Å². The van der Waals surface area contributed by atoms with Gasteiger partial charge in [0.15, 0.2) is 5.11 Å². The highest BCUT2D eigenvalue weighted by Crippen LogP contribution is 1.99. The van der Waals surface area contributed by atoms with E-state index in [1.165, 1.54) is 5.56 Å². The van der Waals surface area contributed by atoms with E-state index < -0.39 is 0 Å². The first-order valence-electron chi connectivity index (χ1n) is 6.40. The molecule has 0 spiro atoms. The molecule has 1 N–H and O–H groups in total. The molecule has 2 aromatic carbocycles. The van der Waals surface area contributed by atoms with Crippen LogP contribution in [0.3, 0.4) is 0 Å². The lowest BCUT2D eigenvalue weighted by atomic mass is 10.2. The Morgan fingerprint density at radius 2 is 1.70 bits per heavy atom. The molecule has 2 rings (SSSR count). The summed E-state index contributed by atoms with van der Waals surface area (Å²) in [4.78, 5) is 0. The molecule has 0 aliphatic heterocycles. The van der Waals surface area contributed by atoms with Crippen molar-refractivity contribution in [1.29, 1.82) is 0 Å². The number of hydrogen-bond donors (Lipinski definition) is 1. The van der Waals surface area contributed by atoms with Gasteiger partial charge in [0, 0.05) is 13.6 Å². The van der Waals surface area contributed by atoms with Gasteiger partial charge in [0.05, 0.1) is 6.21 Å². The van der Waals surface area contributed by atoms with Crippen LogP contribution in [-0.4, -0.2) is 23.4 Å². The lowest BCUT2D eigenvalue weighted by Gasteiger charge is -2.15. The number of thiocarbonyl (C=S) groups is 1. The third-order valence-electron chi connectivity index (χ3n) is 2.76. The van der Waals surface area contributed by atoms with E-state index in [-0.39, 0.29) is 0 Å². The molecule has 0 radical (unpaired) electrons. The van der Waals surface area contributed by atoms with Gasteiger partial charge in [0.1, 0.15) is 0 Å². The van der Waals surface area contributed by atoms with Gasteiger partial charge in [-0.1, -0.05) is 60.7 Å². The van der Waals surface area contributed by atoms with Crippen LogP contribution in [0.2, 0.25) is 0 Å². The summed E-state index contributed by atoms with van der Waals surface area (Å²) in [5, 5.41) is 9.75. The third kappa shape index (κ3) is 4.48. The van der Waals surface area contributed by atoms with Crippen LogP contribution in [0.25, 0.3) is 0 Å². The van der Waals surface area contributed by atoms with Gasteiger partial charge in [-0.3, -0.25) is 0 Å². The van der Waals surface area contributed by atoms with Gasteiger partial charge in [0.25, 0.3) is 0 Å². The first kappa shape index (κ1) is 14.2. The van der Waals surface area contributed by atoms with E-state index in [0.717, 1.165) is 5.56 Å². The summed E-state index contributed by atoms with van der Waals surface area (Å²) in [6.45, 7) is 0.699. The molecule has 2 aromatic rings. The zero-order valence-corrected chi connectivity index (χ0v) is 12.2. The van der Waals surface area contributed by atoms with Crippen molar-refractivity contribution < 1.29 is 0 Å². The maximum Gasteiger partial charge on any atom is 0.189 e. The van der Waals surface area contributed by atoms with Gasteiger partial charge in [0.2, 0.25) is 0 Å². The van der Waals surface area contributed by atoms with E-state index >= 15 is 0 Å². The summed E-state index contributed by atoms with van der Waals surface area (Å²) in [7, 11) is 1.83. The topological polar surface area (TPSA) is 27.6 Å². The number of rotatable bonds is 4. The van der Waals surface area contributed by atoms with Crippen LogP contribution in [0, 0.1) is 0 Å². The van der Waals surface area contributed by atoms with E-state index in [1.807, 2.05) is 55.6 Å². The lowest BCUT2D eigenvalue weighted by Crippen LogP contribution is -2.33. The molecular formula is C16H17N3S. The second-order valence-corrected chi connectivity index (χ2v) is 4.71. The normalized spacial score (nSPS) is 10.4. The number of nitrogens with one attached hydrogen (secondary N) is 1. The summed E-state index contributed by atoms with van der Waals surface area (Å²) < 4.78 is 0. The molecule has 0 aliphatic carbocycles. The van der Waals surface area contributed by atoms with Gasteiger partial charge >= 0.3 is 0 Å². The van der Waals surface area contributed by atoms with Crippen molar-refractivity contribution in [3.8, 4) is 0 Å². The quantitative estimate of drug-likeness (QED) is 0.531. The van der Waals surface area contributed by atoms with Crippen molar-refractivity contribution in [2.45, 2.75) is 6.54 Å². The van der Waals surface area contributed by atoms with Crippen molar-refractivity contribution in [3.05, 3.63) is 71.8 Å². The Labute approximate surface area is 124 Å². The van der Waals surface area contributed by atoms with E-state index in [0.29, 0.717) is 11.7 Å². The highest BCUT2D eigenvalue weighted by atomic mass is 32.1. The number of benzene rings is 2. The maximum atomic E-state index is 5.29. The minimum Gasteiger partial charge on any atom is -0.357 e. The lowest BCUT2D eigenvalue weighted by molar-refractivity contribution is 0.532. The van der Waals surface area contributed by atoms with E-state index in [9.17, 15) is 0 Å². The van der Waals surface area contributed by atoms with Crippen LogP contribution in [0.1, 0.15) is 11.1 Å². The minimum absolute atomic E-state index is 0.598. The van der Waals surface area contributed by atoms with Gasteiger partial charge in [-0.25, -0.2) is 5.01 Å². The van der Waals surface area contributed by atoms with Gasteiger partial charge in [-0.15, -0.1) is 0 Å². The zero-order chi connectivity index (χ0) is 14.2. The Balaban J connectivity index is 1.85. The Morgan fingerprint density at radius 3 is 2.35 bits per heavy atom. The molecule has 0 aliphatic rings. The summed E-state index contributed by atoms with van der Waals surface area (Å²) in [5.41, 5.74) is 2.24. The fourth-order valence-corrected chi connectivity index (χ4v) is 1.75. The number of hydrazone groups is 1. The molecule has 0 atom stereocenters. The second kappa shape index (κ2) is 7.40. The predicted octanol–water partition coefficient (Wildman–Crippen LogP) is 3.03. The molecule has 20 heavy (non-hydrogen) atoms. The maximum absolute atomic E-state index is 5.29. The molecular weight excluding hydrogens is 266 g/mol. The van der Waals surface area contributed by atoms with Crippen molar-refractivity contribution in [1.82, 2.24) is 10.3 Å². The molecule has 4 heteroatoms. The molecule has 0 fully saturated rings. The molecule has 0 amide bonds. The smallest absolute Gasteiger partial charge is 0.189 e. The average Bonchev–Trinajstić information content (AvgIpc) is 2.52. The second-order valence-electron chi connectivity index (χ2n) is 4.32. The Morgan fingerprint density at radius 1 is 1.10 bits per heavy atom. The van der Waals surface area contributed by atoms with Crippen molar-refractivity contribution in [3.63, 3.8) is 0 Å². The Hall–Kier alpha value is -2.20. The van der Waals surface area contributed by atoms with Gasteiger partial charge < -0.3 is 5.32 Å². The average molecular weight is 283 g/mol. The fraction of sp³-hybridized carbons (Fsp3) is 0.125. The zero-order valence-electron chi connectivity index (χ0n) is 11.4. The van der Waals surface area contributed by atoms with E-state index in [4.69, 9.17) is 12.2 Å². The monoisotopic (exact) mass is 283 g/mol. The highest BCUT2D eigenvalue weighted by Gasteiger charge is 2.01. The summed E-state index contributed by atoms with van der Waals surface area (Å²) in [6.07, 6.45) is 1.79. The highest BCUT2D eigenvalue weighted by molar-refractivity contribution is 7.80. The summed E-state index contributed by atoms with van der Waals surface area (Å²) in [6, 6.07) is 20.1. The summed E-state index contributed by atoms with van der Waals surface area (Å²) in [5.74, 6) is 0. The first-order valence-corrected chi connectivity index (χ1v) is 6.81. The van der Waals surface area contributed by atoms with Crippen LogP contribution in [0.5, 0.6) is 0 Å². The minimum atomic E-state index is 0.598. The van der Waals surface area contributed by atoms with Crippen LogP contribution in [-0.2, 0) is 6.54 Å². The molecule has 102 valence electrons. The SMILES string of the molecule is CN(/N=C/c1ccccc1)C(=S)NCc1ccccc1. The Bertz CT molecular complexity index is 567. The van der Waals surface area contributed by atoms with Crippen LogP contribution in [0.15, 0.2) is 65.8 Å². The van der Waals surface area contributed by atoms with Crippen LogP contribution < -0.4 is 5.32 Å². The first-order chi connectivity index (χ1) is 9.75. The summed E-state index contributed by atoms with van der Waals surface area (Å²) >= 11 is 5.29. The number of hydrogen-bond acceptors (Lipinski definition) is 2. The number of nitrogens with zero attached hydrogens (tertiary/aromatic N) is 2. The standard InChI is InChI=1S/C16H17N3S/c1-19(18-13-15-10-6-3-7-11-15)16(20)17-12-14-8-4-2-5-9-14/h2-11,13H,12H2,1H3,(H,17,20)/b18-13+. The van der Waals surface area contributed by atoms with Crippen LogP contribution in [0.4, 0.5) is 0 Å². The molecule has 0 saturated carbocycles. The van der Waals surface area contributed by atoms with E-state index in [1.54, 1.807) is 11.2 Å². The van der Waals surface area contributed by atoms with Crippen molar-refractivity contribution in [2.24, 2.45) is 5.10 Å².